The van der Waals surface area contributed by atoms with Crippen molar-refractivity contribution in [3.05, 3.63) is 59.4 Å². The second-order valence-electron chi connectivity index (χ2n) is 9.48. The molecule has 1 N–H and O–H groups in total. The average molecular weight is 442 g/mol. The highest BCUT2D eigenvalue weighted by Crippen LogP contribution is 2.47. The summed E-state index contributed by atoms with van der Waals surface area (Å²) in [5.74, 6) is 1.63. The van der Waals surface area contributed by atoms with Gasteiger partial charge in [0, 0.05) is 24.4 Å². The molecule has 2 aromatic rings. The molecule has 0 spiro atoms. The minimum Gasteiger partial charge on any atom is -0.493 e. The number of benzene rings is 2. The molecular formula is C26H32FNO4. The lowest BCUT2D eigenvalue weighted by molar-refractivity contribution is -0.130. The van der Waals surface area contributed by atoms with Gasteiger partial charge in [0.05, 0.1) is 26.2 Å². The van der Waals surface area contributed by atoms with Crippen LogP contribution < -0.4 is 9.47 Å². The molecule has 0 bridgehead atoms. The molecule has 1 aliphatic carbocycles. The zero-order chi connectivity index (χ0) is 22.9. The Balaban J connectivity index is 1.55. The molecule has 1 amide bonds. The molecule has 5 nitrogen and oxygen atoms in total. The summed E-state index contributed by atoms with van der Waals surface area (Å²) in [6.07, 6.45) is 2.02. The molecule has 32 heavy (non-hydrogen) atoms. The largest absolute Gasteiger partial charge is 0.493 e. The first-order valence-corrected chi connectivity index (χ1v) is 11.3. The van der Waals surface area contributed by atoms with Gasteiger partial charge in [0.25, 0.3) is 0 Å². The third kappa shape index (κ3) is 4.75. The van der Waals surface area contributed by atoms with Gasteiger partial charge in [0.1, 0.15) is 5.82 Å². The van der Waals surface area contributed by atoms with Crippen LogP contribution in [0.4, 0.5) is 4.39 Å². The van der Waals surface area contributed by atoms with E-state index >= 15 is 0 Å². The molecule has 1 saturated carbocycles. The van der Waals surface area contributed by atoms with Crippen LogP contribution in [0.15, 0.2) is 42.5 Å². The van der Waals surface area contributed by atoms with Crippen LogP contribution >= 0.6 is 0 Å². The van der Waals surface area contributed by atoms with E-state index < -0.39 is 11.5 Å². The van der Waals surface area contributed by atoms with Gasteiger partial charge in [-0.3, -0.25) is 4.79 Å². The van der Waals surface area contributed by atoms with Crippen LogP contribution in [0.1, 0.15) is 43.7 Å². The molecule has 172 valence electrons. The fraction of sp³-hybridized carbons (Fsp3) is 0.500. The fourth-order valence-electron chi connectivity index (χ4n) is 4.52. The Bertz CT molecular complexity index is 957. The van der Waals surface area contributed by atoms with Crippen LogP contribution in [0.2, 0.25) is 0 Å². The van der Waals surface area contributed by atoms with E-state index in [2.05, 4.69) is 0 Å². The number of nitrogens with zero attached hydrogens (tertiary/aromatic N) is 1. The maximum absolute atomic E-state index is 13.2. The van der Waals surface area contributed by atoms with Gasteiger partial charge in [-0.25, -0.2) is 4.39 Å². The van der Waals surface area contributed by atoms with E-state index in [-0.39, 0.29) is 24.1 Å². The van der Waals surface area contributed by atoms with Crippen LogP contribution in [-0.4, -0.2) is 48.8 Å². The molecule has 3 atom stereocenters. The smallest absolute Gasteiger partial charge is 0.227 e. The maximum atomic E-state index is 13.2. The van der Waals surface area contributed by atoms with Crippen molar-refractivity contribution < 1.29 is 23.8 Å². The lowest BCUT2D eigenvalue weighted by atomic mass is 9.72. The Morgan fingerprint density at radius 3 is 2.56 bits per heavy atom. The van der Waals surface area contributed by atoms with Gasteiger partial charge < -0.3 is 19.5 Å². The van der Waals surface area contributed by atoms with E-state index in [1.54, 1.807) is 26.2 Å². The Hall–Kier alpha value is -2.60. The lowest BCUT2D eigenvalue weighted by Crippen LogP contribution is -2.38. The number of likely N-dealkylation sites (tertiary alicyclic amines) is 1. The number of ether oxygens (including phenoxy) is 2. The molecule has 1 heterocycles. The lowest BCUT2D eigenvalue weighted by Gasteiger charge is -2.33. The van der Waals surface area contributed by atoms with Crippen molar-refractivity contribution in [1.82, 2.24) is 4.90 Å². The second-order valence-corrected chi connectivity index (χ2v) is 9.48. The number of aliphatic hydroxyl groups is 1. The molecule has 0 aromatic heterocycles. The van der Waals surface area contributed by atoms with E-state index in [0.717, 1.165) is 11.1 Å². The van der Waals surface area contributed by atoms with Crippen molar-refractivity contribution in [3.63, 3.8) is 0 Å². The Morgan fingerprint density at radius 2 is 1.94 bits per heavy atom. The highest BCUT2D eigenvalue weighted by molar-refractivity contribution is 5.79. The summed E-state index contributed by atoms with van der Waals surface area (Å²) < 4.78 is 24.7. The number of hydrogen-bond acceptors (Lipinski definition) is 4. The van der Waals surface area contributed by atoms with Gasteiger partial charge in [0.2, 0.25) is 5.91 Å². The standard InChI is InChI=1S/C26H32FNO4/c1-17(29)26(2)16-28(25(30)12-18-6-9-21(27)10-7-18)14-22(26)20-8-11-23(31-3)24(13-20)32-15-19-4-5-19/h6-11,13,17,19,22,29H,4-5,12,14-16H2,1-3H3/t17-,22+,26+/m1/s1. The van der Waals surface area contributed by atoms with Gasteiger partial charge in [-0.1, -0.05) is 25.1 Å². The summed E-state index contributed by atoms with van der Waals surface area (Å²) in [5, 5.41) is 10.7. The van der Waals surface area contributed by atoms with Crippen LogP contribution in [0.3, 0.4) is 0 Å². The number of rotatable bonds is 8. The molecule has 2 aliphatic rings. The third-order valence-corrected chi connectivity index (χ3v) is 7.07. The number of carbonyl (C=O) groups excluding carboxylic acids is 1. The van der Waals surface area contributed by atoms with Crippen molar-refractivity contribution in [2.75, 3.05) is 26.8 Å². The highest BCUT2D eigenvalue weighted by Gasteiger charge is 2.48. The summed E-state index contributed by atoms with van der Waals surface area (Å²) in [7, 11) is 1.63. The first kappa shape index (κ1) is 22.6. The van der Waals surface area contributed by atoms with E-state index in [4.69, 9.17) is 9.47 Å². The summed E-state index contributed by atoms with van der Waals surface area (Å²) in [4.78, 5) is 14.9. The van der Waals surface area contributed by atoms with Crippen molar-refractivity contribution >= 4 is 5.91 Å². The van der Waals surface area contributed by atoms with Gasteiger partial charge >= 0.3 is 0 Å². The fourth-order valence-corrected chi connectivity index (χ4v) is 4.52. The topological polar surface area (TPSA) is 59.0 Å². The first-order valence-electron chi connectivity index (χ1n) is 11.3. The van der Waals surface area contributed by atoms with Crippen LogP contribution in [0, 0.1) is 17.2 Å². The summed E-state index contributed by atoms with van der Waals surface area (Å²) in [5.41, 5.74) is 1.30. The molecule has 0 unspecified atom stereocenters. The zero-order valence-corrected chi connectivity index (χ0v) is 19.0. The molecule has 6 heteroatoms. The van der Waals surface area contributed by atoms with E-state index in [1.165, 1.54) is 25.0 Å². The minimum atomic E-state index is -0.603. The maximum Gasteiger partial charge on any atom is 0.227 e. The number of methoxy groups -OCH3 is 1. The highest BCUT2D eigenvalue weighted by atomic mass is 19.1. The molecular weight excluding hydrogens is 409 g/mol. The zero-order valence-electron chi connectivity index (χ0n) is 19.0. The predicted octanol–water partition coefficient (Wildman–Crippen LogP) is 4.18. The number of halogens is 1. The first-order chi connectivity index (χ1) is 15.3. The summed E-state index contributed by atoms with van der Waals surface area (Å²) in [6.45, 7) is 5.47. The molecule has 2 fully saturated rings. The van der Waals surface area contributed by atoms with Crippen LogP contribution in [-0.2, 0) is 11.2 Å². The number of carbonyl (C=O) groups is 1. The van der Waals surface area contributed by atoms with Crippen LogP contribution in [0.5, 0.6) is 11.5 Å². The third-order valence-electron chi connectivity index (χ3n) is 7.07. The van der Waals surface area contributed by atoms with Gasteiger partial charge in [-0.15, -0.1) is 0 Å². The summed E-state index contributed by atoms with van der Waals surface area (Å²) >= 11 is 0. The number of amides is 1. The van der Waals surface area contributed by atoms with E-state index in [1.807, 2.05) is 30.0 Å². The van der Waals surface area contributed by atoms with E-state index in [0.29, 0.717) is 37.1 Å². The monoisotopic (exact) mass is 441 g/mol. The quantitative estimate of drug-likeness (QED) is 0.668. The van der Waals surface area contributed by atoms with E-state index in [9.17, 15) is 14.3 Å². The Morgan fingerprint density at radius 1 is 1.22 bits per heavy atom. The molecule has 0 radical (unpaired) electrons. The van der Waals surface area contributed by atoms with Crippen molar-refractivity contribution in [3.8, 4) is 11.5 Å². The van der Waals surface area contributed by atoms with Crippen LogP contribution in [0.25, 0.3) is 0 Å². The number of aliphatic hydroxyl groups excluding tert-OH is 1. The Kier molecular flexibility index (Phi) is 6.42. The predicted molar refractivity (Wildman–Crippen MR) is 120 cm³/mol. The second kappa shape index (κ2) is 9.10. The Labute approximate surface area is 189 Å². The van der Waals surface area contributed by atoms with Gasteiger partial charge in [-0.2, -0.15) is 0 Å². The van der Waals surface area contributed by atoms with Crippen molar-refractivity contribution in [1.29, 1.82) is 0 Å². The normalized spacial score (nSPS) is 23.8. The average Bonchev–Trinajstić information content (AvgIpc) is 3.54. The molecule has 1 aliphatic heterocycles. The van der Waals surface area contributed by atoms with Crippen molar-refractivity contribution in [2.45, 2.75) is 45.1 Å². The molecule has 4 rings (SSSR count). The SMILES string of the molecule is COc1ccc([C@@H]2CN(C(=O)Cc3ccc(F)cc3)C[C@@]2(C)[C@@H](C)O)cc1OCC1CC1. The molecule has 2 aromatic carbocycles. The molecule has 1 saturated heterocycles. The minimum absolute atomic E-state index is 0.0234. The summed E-state index contributed by atoms with van der Waals surface area (Å²) in [6, 6.07) is 11.9. The van der Waals surface area contributed by atoms with Crippen molar-refractivity contribution in [2.24, 2.45) is 11.3 Å². The van der Waals surface area contributed by atoms with Gasteiger partial charge in [0.15, 0.2) is 11.5 Å². The van der Waals surface area contributed by atoms with Gasteiger partial charge in [-0.05, 0) is 61.1 Å². The number of hydrogen-bond donors (Lipinski definition) is 1.